The molecule has 0 unspecified atom stereocenters. The van der Waals surface area contributed by atoms with E-state index in [4.69, 9.17) is 0 Å². The van der Waals surface area contributed by atoms with Crippen LogP contribution in [0.15, 0.2) is 30.3 Å². The summed E-state index contributed by atoms with van der Waals surface area (Å²) in [5, 5.41) is 13.0. The number of piperazine rings is 1. The molecule has 0 aromatic heterocycles. The smallest absolute Gasteiger partial charge is 0.111 e. The zero-order valence-electron chi connectivity index (χ0n) is 11.9. The minimum Gasteiger partial charge on any atom is -0.369 e. The maximum absolute atomic E-state index is 9.64. The monoisotopic (exact) mass is 270 g/mol. The van der Waals surface area contributed by atoms with E-state index >= 15 is 0 Å². The summed E-state index contributed by atoms with van der Waals surface area (Å²) in [6.07, 6.45) is 1.91. The molecule has 20 heavy (non-hydrogen) atoms. The lowest BCUT2D eigenvalue weighted by atomic mass is 9.87. The van der Waals surface area contributed by atoms with E-state index in [0.717, 1.165) is 52.1 Å². The van der Waals surface area contributed by atoms with Gasteiger partial charge in [0.1, 0.15) is 5.54 Å². The lowest BCUT2D eigenvalue weighted by molar-refractivity contribution is 0.0973. The van der Waals surface area contributed by atoms with E-state index < -0.39 is 0 Å². The van der Waals surface area contributed by atoms with Crippen molar-refractivity contribution >= 4 is 5.69 Å². The molecule has 0 bridgehead atoms. The largest absolute Gasteiger partial charge is 0.369 e. The zero-order valence-corrected chi connectivity index (χ0v) is 11.9. The summed E-state index contributed by atoms with van der Waals surface area (Å²) in [6, 6.07) is 13.2. The topological polar surface area (TPSA) is 42.3 Å². The van der Waals surface area contributed by atoms with Crippen molar-refractivity contribution < 1.29 is 0 Å². The van der Waals surface area contributed by atoms with Gasteiger partial charge in [-0.1, -0.05) is 18.2 Å². The van der Waals surface area contributed by atoms with Crippen molar-refractivity contribution in [3.8, 4) is 6.07 Å². The van der Waals surface area contributed by atoms with Gasteiger partial charge in [0.05, 0.1) is 6.07 Å². The number of nitrogens with one attached hydrogen (secondary N) is 1. The molecular formula is C16H22N4. The Morgan fingerprint density at radius 2 is 1.65 bits per heavy atom. The summed E-state index contributed by atoms with van der Waals surface area (Å²) < 4.78 is 0. The summed E-state index contributed by atoms with van der Waals surface area (Å²) in [6.45, 7) is 5.94. The van der Waals surface area contributed by atoms with Gasteiger partial charge in [0.25, 0.3) is 0 Å². The molecule has 0 radical (unpaired) electrons. The van der Waals surface area contributed by atoms with Crippen molar-refractivity contribution in [1.82, 2.24) is 10.2 Å². The molecule has 2 heterocycles. The molecule has 1 N–H and O–H groups in total. The second-order valence-electron chi connectivity index (χ2n) is 5.70. The zero-order chi connectivity index (χ0) is 13.8. The Bertz CT molecular complexity index is 465. The van der Waals surface area contributed by atoms with Gasteiger partial charge in [-0.25, -0.2) is 0 Å². The minimum absolute atomic E-state index is 0.228. The van der Waals surface area contributed by atoms with Crippen LogP contribution >= 0.6 is 0 Å². The number of piperidine rings is 1. The maximum atomic E-state index is 9.64. The average molecular weight is 270 g/mol. The third-order valence-corrected chi connectivity index (χ3v) is 4.65. The molecule has 3 rings (SSSR count). The van der Waals surface area contributed by atoms with Crippen LogP contribution in [0.1, 0.15) is 12.8 Å². The Hall–Kier alpha value is -1.57. The van der Waals surface area contributed by atoms with Gasteiger partial charge in [-0.2, -0.15) is 5.26 Å². The van der Waals surface area contributed by atoms with Gasteiger partial charge >= 0.3 is 0 Å². The molecule has 2 aliphatic rings. The summed E-state index contributed by atoms with van der Waals surface area (Å²) >= 11 is 0. The molecule has 0 aliphatic carbocycles. The van der Waals surface area contributed by atoms with Gasteiger partial charge in [-0.15, -0.1) is 0 Å². The van der Waals surface area contributed by atoms with E-state index in [-0.39, 0.29) is 5.54 Å². The van der Waals surface area contributed by atoms with Crippen molar-refractivity contribution in [2.75, 3.05) is 44.2 Å². The lowest BCUT2D eigenvalue weighted by Gasteiger charge is -2.46. The maximum Gasteiger partial charge on any atom is 0.111 e. The van der Waals surface area contributed by atoms with Crippen LogP contribution in [0.5, 0.6) is 0 Å². The number of hydrogen-bond donors (Lipinski definition) is 1. The van der Waals surface area contributed by atoms with E-state index in [9.17, 15) is 5.26 Å². The molecule has 0 amide bonds. The van der Waals surface area contributed by atoms with E-state index in [1.54, 1.807) is 0 Å². The molecule has 1 aromatic carbocycles. The predicted octanol–water partition coefficient (Wildman–Crippen LogP) is 1.45. The van der Waals surface area contributed by atoms with Crippen molar-refractivity contribution in [2.24, 2.45) is 0 Å². The Morgan fingerprint density at radius 3 is 2.25 bits per heavy atom. The van der Waals surface area contributed by atoms with Crippen molar-refractivity contribution in [1.29, 1.82) is 5.26 Å². The third-order valence-electron chi connectivity index (χ3n) is 4.65. The fourth-order valence-corrected chi connectivity index (χ4v) is 3.37. The number of para-hydroxylation sites is 1. The molecule has 1 aromatic rings. The summed E-state index contributed by atoms with van der Waals surface area (Å²) in [7, 11) is 0. The molecule has 2 fully saturated rings. The van der Waals surface area contributed by atoms with Gasteiger partial charge in [0.15, 0.2) is 0 Å². The van der Waals surface area contributed by atoms with Crippen molar-refractivity contribution in [3.63, 3.8) is 0 Å². The fourth-order valence-electron chi connectivity index (χ4n) is 3.37. The first-order valence-electron chi connectivity index (χ1n) is 7.51. The summed E-state index contributed by atoms with van der Waals surface area (Å²) in [5.74, 6) is 0. The first-order valence-corrected chi connectivity index (χ1v) is 7.51. The Labute approximate surface area is 121 Å². The summed E-state index contributed by atoms with van der Waals surface area (Å²) in [5.41, 5.74) is 1.07. The Morgan fingerprint density at radius 1 is 1.00 bits per heavy atom. The van der Waals surface area contributed by atoms with Crippen LogP contribution in [-0.2, 0) is 0 Å². The number of benzene rings is 1. The van der Waals surface area contributed by atoms with Gasteiger partial charge in [0, 0.05) is 31.9 Å². The highest BCUT2D eigenvalue weighted by molar-refractivity contribution is 5.46. The standard InChI is InChI=1S/C16H22N4/c17-14-16(6-8-18-9-7-16)20-12-10-19(11-13-20)15-4-2-1-3-5-15/h1-5,18H,6-13H2. The molecule has 2 aliphatic heterocycles. The SMILES string of the molecule is N#CC1(N2CCN(c3ccccc3)CC2)CCNCC1. The molecule has 0 atom stereocenters. The summed E-state index contributed by atoms with van der Waals surface area (Å²) in [4.78, 5) is 4.83. The van der Waals surface area contributed by atoms with E-state index in [1.807, 2.05) is 0 Å². The molecule has 4 heteroatoms. The fraction of sp³-hybridized carbons (Fsp3) is 0.562. The quantitative estimate of drug-likeness (QED) is 0.883. The van der Waals surface area contributed by atoms with Crippen LogP contribution in [0, 0.1) is 11.3 Å². The number of nitrogens with zero attached hydrogens (tertiary/aromatic N) is 3. The van der Waals surface area contributed by atoms with Crippen LogP contribution in [0.25, 0.3) is 0 Å². The lowest BCUT2D eigenvalue weighted by Crippen LogP contribution is -2.59. The van der Waals surface area contributed by atoms with Crippen molar-refractivity contribution in [3.05, 3.63) is 30.3 Å². The average Bonchev–Trinajstić information content (AvgIpc) is 2.56. The molecule has 0 saturated carbocycles. The highest BCUT2D eigenvalue weighted by atomic mass is 15.3. The molecule has 106 valence electrons. The molecule has 2 saturated heterocycles. The second kappa shape index (κ2) is 5.82. The first kappa shape index (κ1) is 13.4. The van der Waals surface area contributed by atoms with Gasteiger partial charge < -0.3 is 10.2 Å². The minimum atomic E-state index is -0.228. The number of anilines is 1. The van der Waals surface area contributed by atoms with E-state index in [2.05, 4.69) is 51.5 Å². The second-order valence-corrected chi connectivity index (χ2v) is 5.70. The Balaban J connectivity index is 1.65. The number of rotatable bonds is 2. The van der Waals surface area contributed by atoms with Crippen LogP contribution in [0.3, 0.4) is 0 Å². The molecular weight excluding hydrogens is 248 g/mol. The van der Waals surface area contributed by atoms with Crippen LogP contribution < -0.4 is 10.2 Å². The first-order chi connectivity index (χ1) is 9.84. The highest BCUT2D eigenvalue weighted by Gasteiger charge is 2.39. The van der Waals surface area contributed by atoms with Crippen LogP contribution in [0.2, 0.25) is 0 Å². The predicted molar refractivity (Wildman–Crippen MR) is 80.7 cm³/mol. The van der Waals surface area contributed by atoms with E-state index in [1.165, 1.54) is 5.69 Å². The normalized spacial score (nSPS) is 23.2. The van der Waals surface area contributed by atoms with Crippen LogP contribution in [-0.4, -0.2) is 49.7 Å². The third kappa shape index (κ3) is 2.52. The van der Waals surface area contributed by atoms with Crippen molar-refractivity contribution in [2.45, 2.75) is 18.4 Å². The highest BCUT2D eigenvalue weighted by Crippen LogP contribution is 2.27. The van der Waals surface area contributed by atoms with Gasteiger partial charge in [0.2, 0.25) is 0 Å². The van der Waals surface area contributed by atoms with E-state index in [0.29, 0.717) is 0 Å². The number of hydrogen-bond acceptors (Lipinski definition) is 4. The number of nitriles is 1. The molecule has 0 spiro atoms. The van der Waals surface area contributed by atoms with Crippen LogP contribution in [0.4, 0.5) is 5.69 Å². The van der Waals surface area contributed by atoms with Gasteiger partial charge in [-0.05, 0) is 38.1 Å². The molecule has 4 nitrogen and oxygen atoms in total. The Kier molecular flexibility index (Phi) is 3.90. The van der Waals surface area contributed by atoms with Gasteiger partial charge in [-0.3, -0.25) is 4.90 Å².